The van der Waals surface area contributed by atoms with Crippen LogP contribution in [0.5, 0.6) is 5.75 Å². The number of carbonyl (C=O) groups excluding carboxylic acids is 1. The summed E-state index contributed by atoms with van der Waals surface area (Å²) in [5, 5.41) is 16.3. The number of non-ortho nitro benzene ring substituents is 1. The molecule has 0 saturated carbocycles. The summed E-state index contributed by atoms with van der Waals surface area (Å²) in [4.78, 5) is 22.5. The van der Waals surface area contributed by atoms with Gasteiger partial charge in [0.25, 0.3) is 11.6 Å². The van der Waals surface area contributed by atoms with E-state index in [0.717, 1.165) is 0 Å². The molecule has 0 aliphatic carbocycles. The second-order valence-electron chi connectivity index (χ2n) is 5.16. The summed E-state index contributed by atoms with van der Waals surface area (Å²) in [6.45, 7) is 0.531. The molecule has 0 radical (unpaired) electrons. The Bertz CT molecular complexity index is 767. The van der Waals surface area contributed by atoms with Crippen LogP contribution in [0.4, 0.5) is 15.8 Å². The van der Waals surface area contributed by atoms with Crippen molar-refractivity contribution in [3.8, 4) is 5.75 Å². The average Bonchev–Trinajstić information content (AvgIpc) is 2.62. The van der Waals surface area contributed by atoms with Gasteiger partial charge >= 0.3 is 0 Å². The van der Waals surface area contributed by atoms with E-state index < -0.39 is 16.6 Å². The molecule has 0 heterocycles. The Hall–Kier alpha value is -3.16. The number of benzene rings is 2. The topological polar surface area (TPSA) is 93.5 Å². The van der Waals surface area contributed by atoms with Crippen molar-refractivity contribution in [2.24, 2.45) is 0 Å². The third-order valence-corrected chi connectivity index (χ3v) is 3.38. The van der Waals surface area contributed by atoms with E-state index in [-0.39, 0.29) is 23.6 Å². The van der Waals surface area contributed by atoms with E-state index in [1.165, 1.54) is 30.3 Å². The van der Waals surface area contributed by atoms with Crippen LogP contribution in [-0.2, 0) is 0 Å². The number of para-hydroxylation sites is 1. The summed E-state index contributed by atoms with van der Waals surface area (Å²) in [5.74, 6) is -0.708. The first-order valence-electron chi connectivity index (χ1n) is 7.64. The van der Waals surface area contributed by atoms with E-state index in [2.05, 4.69) is 10.6 Å². The van der Waals surface area contributed by atoms with Crippen LogP contribution in [0.2, 0.25) is 0 Å². The van der Waals surface area contributed by atoms with Crippen molar-refractivity contribution in [3.05, 3.63) is 64.0 Å². The summed E-state index contributed by atoms with van der Waals surface area (Å²) < 4.78 is 18.7. The first kappa shape index (κ1) is 18.2. The van der Waals surface area contributed by atoms with E-state index in [9.17, 15) is 19.3 Å². The van der Waals surface area contributed by atoms with Gasteiger partial charge in [-0.25, -0.2) is 4.39 Å². The van der Waals surface area contributed by atoms with Crippen LogP contribution in [0.15, 0.2) is 42.5 Å². The van der Waals surface area contributed by atoms with Gasteiger partial charge in [0.1, 0.15) is 0 Å². The average molecular weight is 347 g/mol. The van der Waals surface area contributed by atoms with E-state index in [1.54, 1.807) is 19.2 Å². The number of hydrogen-bond donors (Lipinski definition) is 2. The number of nitro benzene ring substituents is 1. The number of ether oxygens (including phenoxy) is 1. The second kappa shape index (κ2) is 8.62. The van der Waals surface area contributed by atoms with Gasteiger partial charge in [-0.15, -0.1) is 0 Å². The Morgan fingerprint density at radius 2 is 2.04 bits per heavy atom. The third kappa shape index (κ3) is 5.17. The van der Waals surface area contributed by atoms with Crippen LogP contribution >= 0.6 is 0 Å². The second-order valence-corrected chi connectivity index (χ2v) is 5.16. The number of nitro groups is 1. The zero-order valence-electron chi connectivity index (χ0n) is 13.6. The summed E-state index contributed by atoms with van der Waals surface area (Å²) >= 11 is 0. The van der Waals surface area contributed by atoms with E-state index in [1.807, 2.05) is 0 Å². The maximum absolute atomic E-state index is 13.4. The monoisotopic (exact) mass is 347 g/mol. The molecule has 0 aliphatic heterocycles. The van der Waals surface area contributed by atoms with Gasteiger partial charge in [-0.1, -0.05) is 12.1 Å². The molecular weight excluding hydrogens is 329 g/mol. The molecule has 7 nitrogen and oxygen atoms in total. The van der Waals surface area contributed by atoms with Crippen LogP contribution in [0.3, 0.4) is 0 Å². The number of amides is 1. The van der Waals surface area contributed by atoms with E-state index >= 15 is 0 Å². The molecule has 1 amide bonds. The molecule has 2 aromatic carbocycles. The Morgan fingerprint density at radius 3 is 2.72 bits per heavy atom. The number of carbonyl (C=O) groups is 1. The smallest absolute Gasteiger partial charge is 0.272 e. The molecule has 0 aliphatic rings. The number of nitrogens with zero attached hydrogens (tertiary/aromatic N) is 1. The molecule has 2 rings (SSSR count). The van der Waals surface area contributed by atoms with Crippen molar-refractivity contribution in [1.82, 2.24) is 5.32 Å². The molecule has 0 unspecified atom stereocenters. The molecule has 0 bridgehead atoms. The van der Waals surface area contributed by atoms with Gasteiger partial charge in [0.2, 0.25) is 0 Å². The van der Waals surface area contributed by atoms with E-state index in [0.29, 0.717) is 18.7 Å². The fraction of sp³-hybridized carbons (Fsp3) is 0.235. The van der Waals surface area contributed by atoms with E-state index in [4.69, 9.17) is 4.74 Å². The molecular formula is C17H18FN3O4. The minimum absolute atomic E-state index is 0.158. The quantitative estimate of drug-likeness (QED) is 0.435. The number of nitrogens with one attached hydrogen (secondary N) is 2. The van der Waals surface area contributed by atoms with Crippen LogP contribution < -0.4 is 15.4 Å². The molecule has 0 saturated heterocycles. The molecule has 132 valence electrons. The third-order valence-electron chi connectivity index (χ3n) is 3.38. The van der Waals surface area contributed by atoms with Crippen LogP contribution in [-0.4, -0.2) is 31.0 Å². The maximum Gasteiger partial charge on any atom is 0.272 e. The van der Waals surface area contributed by atoms with Gasteiger partial charge in [-0.3, -0.25) is 14.9 Å². The van der Waals surface area contributed by atoms with Crippen molar-refractivity contribution in [3.63, 3.8) is 0 Å². The molecule has 0 aromatic heterocycles. The zero-order chi connectivity index (χ0) is 18.2. The molecule has 0 spiro atoms. The van der Waals surface area contributed by atoms with Crippen molar-refractivity contribution < 1.29 is 18.8 Å². The van der Waals surface area contributed by atoms with Crippen molar-refractivity contribution in [1.29, 1.82) is 0 Å². The van der Waals surface area contributed by atoms with Crippen LogP contribution in [0.25, 0.3) is 0 Å². The highest BCUT2D eigenvalue weighted by Crippen LogP contribution is 2.20. The fourth-order valence-corrected chi connectivity index (χ4v) is 2.11. The maximum atomic E-state index is 13.4. The van der Waals surface area contributed by atoms with Gasteiger partial charge in [0.05, 0.1) is 11.5 Å². The van der Waals surface area contributed by atoms with Gasteiger partial charge in [0.15, 0.2) is 11.6 Å². The number of halogens is 1. The number of anilines is 1. The highest BCUT2D eigenvalue weighted by molar-refractivity contribution is 5.95. The van der Waals surface area contributed by atoms with Crippen LogP contribution in [0.1, 0.15) is 16.8 Å². The number of rotatable bonds is 8. The Labute approximate surface area is 144 Å². The lowest BCUT2D eigenvalue weighted by Crippen LogP contribution is -2.25. The Balaban J connectivity index is 1.85. The van der Waals surface area contributed by atoms with Crippen molar-refractivity contribution in [2.45, 2.75) is 6.42 Å². The summed E-state index contributed by atoms with van der Waals surface area (Å²) in [5.41, 5.74) is 0.496. The van der Waals surface area contributed by atoms with Gasteiger partial charge in [-0.05, 0) is 24.6 Å². The van der Waals surface area contributed by atoms with Gasteiger partial charge in [-0.2, -0.15) is 0 Å². The fourth-order valence-electron chi connectivity index (χ4n) is 2.11. The predicted molar refractivity (Wildman–Crippen MR) is 91.5 cm³/mol. The molecule has 2 N–H and O–H groups in total. The molecule has 8 heteroatoms. The minimum Gasteiger partial charge on any atom is -0.490 e. The van der Waals surface area contributed by atoms with Gasteiger partial charge < -0.3 is 15.4 Å². The molecule has 2 aromatic rings. The summed E-state index contributed by atoms with van der Waals surface area (Å²) in [7, 11) is 1.61. The highest BCUT2D eigenvalue weighted by atomic mass is 19.1. The van der Waals surface area contributed by atoms with Crippen LogP contribution in [0, 0.1) is 15.9 Å². The number of hydrogen-bond acceptors (Lipinski definition) is 5. The Kier molecular flexibility index (Phi) is 6.27. The Morgan fingerprint density at radius 1 is 1.28 bits per heavy atom. The summed E-state index contributed by atoms with van der Waals surface area (Å²) in [6.07, 6.45) is 0.466. The first-order chi connectivity index (χ1) is 12.0. The largest absolute Gasteiger partial charge is 0.490 e. The zero-order valence-corrected chi connectivity index (χ0v) is 13.6. The summed E-state index contributed by atoms with van der Waals surface area (Å²) in [6, 6.07) is 10.2. The minimum atomic E-state index is -0.556. The first-order valence-corrected chi connectivity index (χ1v) is 7.64. The van der Waals surface area contributed by atoms with Gasteiger partial charge in [0, 0.05) is 37.0 Å². The van der Waals surface area contributed by atoms with Crippen molar-refractivity contribution in [2.75, 3.05) is 25.5 Å². The lowest BCUT2D eigenvalue weighted by atomic mass is 10.1. The van der Waals surface area contributed by atoms with Crippen molar-refractivity contribution >= 4 is 17.3 Å². The predicted octanol–water partition coefficient (Wildman–Crippen LogP) is 2.97. The lowest BCUT2D eigenvalue weighted by molar-refractivity contribution is -0.384. The molecule has 0 fully saturated rings. The lowest BCUT2D eigenvalue weighted by Gasteiger charge is -2.09. The highest BCUT2D eigenvalue weighted by Gasteiger charge is 2.14. The SMILES string of the molecule is CNc1cc(C(=O)NCCCOc2ccccc2F)cc([N+](=O)[O-])c1. The molecule has 25 heavy (non-hydrogen) atoms. The normalized spacial score (nSPS) is 10.2. The molecule has 0 atom stereocenters. The standard InChI is InChI=1S/C17H18FN3O4/c1-19-13-9-12(10-14(11-13)21(23)24)17(22)20-7-4-8-25-16-6-3-2-5-15(16)18/h2-3,5-6,9-11,19H,4,7-8H2,1H3,(H,20,22).